The van der Waals surface area contributed by atoms with Gasteiger partial charge >= 0.3 is 0 Å². The molecular formula is C18H29N3O2. The van der Waals surface area contributed by atoms with Gasteiger partial charge in [0.25, 0.3) is 0 Å². The first-order valence-corrected chi connectivity index (χ1v) is 8.29. The van der Waals surface area contributed by atoms with Crippen LogP contribution in [0.5, 0.6) is 0 Å². The smallest absolute Gasteiger partial charge is 0.120 e. The van der Waals surface area contributed by atoms with E-state index in [1.165, 1.54) is 24.0 Å². The molecule has 5 heteroatoms. The van der Waals surface area contributed by atoms with Crippen molar-refractivity contribution < 1.29 is 10.0 Å². The van der Waals surface area contributed by atoms with Crippen molar-refractivity contribution in [3.63, 3.8) is 0 Å². The molecule has 1 aromatic carbocycles. The van der Waals surface area contributed by atoms with Gasteiger partial charge in [0, 0.05) is 26.4 Å². The summed E-state index contributed by atoms with van der Waals surface area (Å²) < 4.78 is 2.35. The van der Waals surface area contributed by atoms with Crippen molar-refractivity contribution in [2.24, 2.45) is 5.92 Å². The number of nitrogens with one attached hydrogen (secondary N) is 1. The second kappa shape index (κ2) is 10.1. The number of hydroxylamine groups is 1. The molecule has 2 aromatic rings. The number of benzene rings is 1. The van der Waals surface area contributed by atoms with Crippen molar-refractivity contribution >= 4 is 17.3 Å². The number of carbonyl (C=O) groups is 1. The minimum absolute atomic E-state index is 0.583. The van der Waals surface area contributed by atoms with E-state index in [-0.39, 0.29) is 0 Å². The molecule has 0 atom stereocenters. The Balaban J connectivity index is 0.000000816. The Kier molecular flexibility index (Phi) is 8.51. The maximum absolute atomic E-state index is 10.5. The molecular weight excluding hydrogens is 290 g/mol. The third-order valence-electron chi connectivity index (χ3n) is 3.48. The number of aromatic nitrogens is 2. The molecule has 0 bridgehead atoms. The highest BCUT2D eigenvalue weighted by Gasteiger charge is 2.11. The number of carbonyl (C=O) groups excluding carboxylic acids is 1. The number of hydrogen-bond acceptors (Lipinski definition) is 4. The zero-order valence-electron chi connectivity index (χ0n) is 14.7. The van der Waals surface area contributed by atoms with Crippen molar-refractivity contribution in [1.82, 2.24) is 15.0 Å². The predicted molar refractivity (Wildman–Crippen MR) is 93.8 cm³/mol. The van der Waals surface area contributed by atoms with Crippen LogP contribution in [-0.2, 0) is 24.2 Å². The fourth-order valence-corrected chi connectivity index (χ4v) is 2.60. The standard InChI is InChI=1S/C17H24N2O.CH5NO/c1-4-9-19-16-8-7-14(6-5-10-20)12-15(16)18-17(19)11-13(2)3;1-2-3/h7-8,10,12-13H,4-6,9,11H2,1-3H3;2-3H,1H3. The van der Waals surface area contributed by atoms with Crippen LogP contribution >= 0.6 is 0 Å². The molecule has 5 nitrogen and oxygen atoms in total. The summed E-state index contributed by atoms with van der Waals surface area (Å²) >= 11 is 0. The van der Waals surface area contributed by atoms with Crippen LogP contribution in [0, 0.1) is 5.92 Å². The van der Waals surface area contributed by atoms with Crippen LogP contribution in [0.1, 0.15) is 45.0 Å². The van der Waals surface area contributed by atoms with E-state index >= 15 is 0 Å². The van der Waals surface area contributed by atoms with Gasteiger partial charge < -0.3 is 14.6 Å². The van der Waals surface area contributed by atoms with Crippen molar-refractivity contribution in [1.29, 1.82) is 0 Å². The summed E-state index contributed by atoms with van der Waals surface area (Å²) in [6.07, 6.45) is 4.49. The Morgan fingerprint density at radius 1 is 1.39 bits per heavy atom. The lowest BCUT2D eigenvalue weighted by molar-refractivity contribution is -0.107. The maximum atomic E-state index is 10.5. The van der Waals surface area contributed by atoms with Gasteiger partial charge in [0.15, 0.2) is 0 Å². The number of nitrogens with zero attached hydrogens (tertiary/aromatic N) is 2. The number of hydrogen-bond donors (Lipinski definition) is 2. The van der Waals surface area contributed by atoms with E-state index in [4.69, 9.17) is 10.2 Å². The number of aldehydes is 1. The molecule has 0 fully saturated rings. The van der Waals surface area contributed by atoms with Crippen LogP contribution in [0.4, 0.5) is 0 Å². The lowest BCUT2D eigenvalue weighted by Gasteiger charge is -2.09. The van der Waals surface area contributed by atoms with Crippen LogP contribution < -0.4 is 5.48 Å². The van der Waals surface area contributed by atoms with Crippen LogP contribution in [-0.4, -0.2) is 28.1 Å². The van der Waals surface area contributed by atoms with Crippen LogP contribution in [0.15, 0.2) is 18.2 Å². The molecule has 23 heavy (non-hydrogen) atoms. The summed E-state index contributed by atoms with van der Waals surface area (Å²) in [6, 6.07) is 6.41. The van der Waals surface area contributed by atoms with Crippen molar-refractivity contribution in [3.05, 3.63) is 29.6 Å². The zero-order chi connectivity index (χ0) is 17.2. The summed E-state index contributed by atoms with van der Waals surface area (Å²) in [5, 5.41) is 7.32. The minimum Gasteiger partial charge on any atom is -0.328 e. The van der Waals surface area contributed by atoms with E-state index in [2.05, 4.69) is 43.5 Å². The van der Waals surface area contributed by atoms with Gasteiger partial charge in [0.1, 0.15) is 12.1 Å². The summed E-state index contributed by atoms with van der Waals surface area (Å²) in [7, 11) is 1.43. The van der Waals surface area contributed by atoms with Gasteiger partial charge in [0.05, 0.1) is 11.0 Å². The molecule has 2 N–H and O–H groups in total. The van der Waals surface area contributed by atoms with Gasteiger partial charge in [-0.15, -0.1) is 0 Å². The van der Waals surface area contributed by atoms with E-state index in [0.29, 0.717) is 12.3 Å². The van der Waals surface area contributed by atoms with E-state index in [0.717, 1.165) is 37.6 Å². The number of rotatable bonds is 7. The molecule has 0 saturated heterocycles. The molecule has 0 aliphatic heterocycles. The first kappa shape index (κ1) is 19.3. The van der Waals surface area contributed by atoms with Gasteiger partial charge in [-0.2, -0.15) is 0 Å². The average Bonchev–Trinajstić information content (AvgIpc) is 2.82. The Hall–Kier alpha value is -1.72. The highest BCUT2D eigenvalue weighted by molar-refractivity contribution is 5.77. The lowest BCUT2D eigenvalue weighted by Crippen LogP contribution is -2.06. The van der Waals surface area contributed by atoms with E-state index < -0.39 is 0 Å². The lowest BCUT2D eigenvalue weighted by atomic mass is 10.1. The van der Waals surface area contributed by atoms with Crippen LogP contribution in [0.3, 0.4) is 0 Å². The molecule has 2 rings (SSSR count). The molecule has 0 aliphatic rings. The molecule has 0 unspecified atom stereocenters. The second-order valence-corrected chi connectivity index (χ2v) is 6.03. The number of imidazole rings is 1. The second-order valence-electron chi connectivity index (χ2n) is 6.03. The average molecular weight is 319 g/mol. The Morgan fingerprint density at radius 2 is 2.09 bits per heavy atom. The molecule has 0 amide bonds. The molecule has 1 heterocycles. The van der Waals surface area contributed by atoms with Gasteiger partial charge in [-0.3, -0.25) is 0 Å². The van der Waals surface area contributed by atoms with Gasteiger partial charge in [-0.1, -0.05) is 26.8 Å². The van der Waals surface area contributed by atoms with Gasteiger partial charge in [0.2, 0.25) is 0 Å². The molecule has 0 spiro atoms. The topological polar surface area (TPSA) is 67.2 Å². The zero-order valence-corrected chi connectivity index (χ0v) is 14.7. The highest BCUT2D eigenvalue weighted by Crippen LogP contribution is 2.21. The first-order valence-electron chi connectivity index (χ1n) is 8.29. The van der Waals surface area contributed by atoms with E-state index in [1.807, 2.05) is 0 Å². The minimum atomic E-state index is 0.583. The summed E-state index contributed by atoms with van der Waals surface area (Å²) in [5.41, 5.74) is 5.23. The van der Waals surface area contributed by atoms with Crippen molar-refractivity contribution in [3.8, 4) is 0 Å². The third-order valence-corrected chi connectivity index (χ3v) is 3.48. The monoisotopic (exact) mass is 319 g/mol. The summed E-state index contributed by atoms with van der Waals surface area (Å²) in [6.45, 7) is 7.67. The Bertz CT molecular complexity index is 606. The third kappa shape index (κ3) is 5.77. The van der Waals surface area contributed by atoms with Gasteiger partial charge in [-0.25, -0.2) is 10.5 Å². The Morgan fingerprint density at radius 3 is 2.65 bits per heavy atom. The fourth-order valence-electron chi connectivity index (χ4n) is 2.60. The van der Waals surface area contributed by atoms with Crippen molar-refractivity contribution in [2.75, 3.05) is 7.05 Å². The van der Waals surface area contributed by atoms with Crippen LogP contribution in [0.25, 0.3) is 11.0 Å². The molecule has 1 aromatic heterocycles. The number of fused-ring (bicyclic) bond motifs is 1. The fraction of sp³-hybridized carbons (Fsp3) is 0.556. The number of aryl methyl sites for hydroxylation is 2. The summed E-state index contributed by atoms with van der Waals surface area (Å²) in [4.78, 5) is 15.3. The van der Waals surface area contributed by atoms with Crippen LogP contribution in [0.2, 0.25) is 0 Å². The molecule has 0 radical (unpaired) electrons. The molecule has 0 aliphatic carbocycles. The SMILES string of the molecule is CCCn1c(CC(C)C)nc2cc(CCC=O)ccc21.CNO. The summed E-state index contributed by atoms with van der Waals surface area (Å²) in [5.74, 6) is 1.79. The van der Waals surface area contributed by atoms with Crippen molar-refractivity contribution in [2.45, 2.75) is 53.0 Å². The quantitative estimate of drug-likeness (QED) is 0.606. The molecule has 0 saturated carbocycles. The van der Waals surface area contributed by atoms with Gasteiger partial charge in [-0.05, 0) is 36.5 Å². The Labute approximate surface area is 138 Å². The normalized spacial score (nSPS) is 10.7. The molecule has 128 valence electrons. The van der Waals surface area contributed by atoms with E-state index in [1.54, 1.807) is 5.48 Å². The predicted octanol–water partition coefficient (Wildman–Crippen LogP) is 3.37. The highest BCUT2D eigenvalue weighted by atomic mass is 16.5. The first-order chi connectivity index (χ1) is 11.1. The maximum Gasteiger partial charge on any atom is 0.120 e. The largest absolute Gasteiger partial charge is 0.328 e. The van der Waals surface area contributed by atoms with E-state index in [9.17, 15) is 4.79 Å².